The van der Waals surface area contributed by atoms with Crippen LogP contribution in [0.4, 0.5) is 4.39 Å². The Balaban J connectivity index is 1.67. The van der Waals surface area contributed by atoms with E-state index in [4.69, 9.17) is 0 Å². The van der Waals surface area contributed by atoms with Gasteiger partial charge in [-0.05, 0) is 42.3 Å². The standard InChI is InChI=1S/C20H14FN3OS/c1-13-5-7-14(8-6-13)9-10-18-22-20-24(23-18)19(25)17(26-20)12-15-3-2-4-16(21)11-15/h2-12H,1H3/b10-9+,17-12+. The van der Waals surface area contributed by atoms with Crippen LogP contribution in [0.3, 0.4) is 0 Å². The summed E-state index contributed by atoms with van der Waals surface area (Å²) in [5.41, 5.74) is 2.61. The van der Waals surface area contributed by atoms with Gasteiger partial charge in [0.1, 0.15) is 5.82 Å². The van der Waals surface area contributed by atoms with Crippen molar-refractivity contribution in [3.05, 3.63) is 91.7 Å². The van der Waals surface area contributed by atoms with Crippen LogP contribution < -0.4 is 10.1 Å². The van der Waals surface area contributed by atoms with Crippen molar-refractivity contribution in [2.24, 2.45) is 0 Å². The molecular formula is C20H14FN3OS. The predicted octanol–water partition coefficient (Wildman–Crippen LogP) is 3.32. The van der Waals surface area contributed by atoms with Gasteiger partial charge in [0.15, 0.2) is 5.82 Å². The largest absolute Gasteiger partial charge is 0.291 e. The summed E-state index contributed by atoms with van der Waals surface area (Å²) in [4.78, 5) is 17.4. The summed E-state index contributed by atoms with van der Waals surface area (Å²) >= 11 is 1.23. The molecule has 0 aliphatic carbocycles. The lowest BCUT2D eigenvalue weighted by Gasteiger charge is -1.93. The molecule has 0 saturated heterocycles. The molecule has 0 radical (unpaired) electrons. The van der Waals surface area contributed by atoms with Gasteiger partial charge < -0.3 is 0 Å². The molecule has 0 amide bonds. The summed E-state index contributed by atoms with van der Waals surface area (Å²) in [6.45, 7) is 2.03. The molecule has 0 saturated carbocycles. The molecule has 0 fully saturated rings. The molecule has 4 rings (SSSR count). The first kappa shape index (κ1) is 16.4. The number of halogens is 1. The SMILES string of the molecule is Cc1ccc(/C=C/c2nc3s/c(=C/c4cccc(F)c4)c(=O)n3n2)cc1. The zero-order valence-corrected chi connectivity index (χ0v) is 14.7. The molecule has 26 heavy (non-hydrogen) atoms. The predicted molar refractivity (Wildman–Crippen MR) is 102 cm³/mol. The Morgan fingerprint density at radius 3 is 2.62 bits per heavy atom. The third-order valence-corrected chi connectivity index (χ3v) is 4.81. The third-order valence-electron chi connectivity index (χ3n) is 3.85. The highest BCUT2D eigenvalue weighted by Gasteiger charge is 2.08. The molecule has 0 atom stereocenters. The highest BCUT2D eigenvalue weighted by molar-refractivity contribution is 7.15. The van der Waals surface area contributed by atoms with Crippen molar-refractivity contribution in [1.82, 2.24) is 14.6 Å². The Morgan fingerprint density at radius 2 is 1.88 bits per heavy atom. The van der Waals surface area contributed by atoms with Crippen LogP contribution in [0.1, 0.15) is 22.5 Å². The van der Waals surface area contributed by atoms with Gasteiger partial charge in [0.25, 0.3) is 5.56 Å². The van der Waals surface area contributed by atoms with Crippen molar-refractivity contribution in [3.63, 3.8) is 0 Å². The maximum Gasteiger partial charge on any atom is 0.291 e. The van der Waals surface area contributed by atoms with E-state index >= 15 is 0 Å². The van der Waals surface area contributed by atoms with Crippen LogP contribution >= 0.6 is 11.3 Å². The fraction of sp³-hybridized carbons (Fsp3) is 0.0500. The fourth-order valence-corrected chi connectivity index (χ4v) is 3.43. The number of hydrogen-bond acceptors (Lipinski definition) is 4. The van der Waals surface area contributed by atoms with Crippen LogP contribution in [0.5, 0.6) is 0 Å². The van der Waals surface area contributed by atoms with E-state index in [1.807, 2.05) is 37.3 Å². The number of aryl methyl sites for hydroxylation is 1. The lowest BCUT2D eigenvalue weighted by Crippen LogP contribution is -2.23. The number of nitrogens with zero attached hydrogens (tertiary/aromatic N) is 3. The Hall–Kier alpha value is -3.12. The average Bonchev–Trinajstić information content (AvgIpc) is 3.14. The maximum absolute atomic E-state index is 13.3. The van der Waals surface area contributed by atoms with Crippen LogP contribution in [0.25, 0.3) is 23.2 Å². The van der Waals surface area contributed by atoms with Gasteiger partial charge >= 0.3 is 0 Å². The summed E-state index contributed by atoms with van der Waals surface area (Å²) in [5.74, 6) is 0.139. The van der Waals surface area contributed by atoms with E-state index in [1.165, 1.54) is 33.5 Å². The minimum Gasteiger partial charge on any atom is -0.266 e. The van der Waals surface area contributed by atoms with Crippen LogP contribution in [0, 0.1) is 12.7 Å². The van der Waals surface area contributed by atoms with Gasteiger partial charge in [-0.25, -0.2) is 4.39 Å². The van der Waals surface area contributed by atoms with E-state index < -0.39 is 0 Å². The van der Waals surface area contributed by atoms with Gasteiger partial charge in [-0.15, -0.1) is 5.10 Å². The molecule has 2 aromatic carbocycles. The molecule has 2 heterocycles. The molecule has 0 bridgehead atoms. The van der Waals surface area contributed by atoms with E-state index in [0.717, 1.165) is 5.56 Å². The summed E-state index contributed by atoms with van der Waals surface area (Å²) in [7, 11) is 0. The second-order valence-corrected chi connectivity index (χ2v) is 6.89. The fourth-order valence-electron chi connectivity index (χ4n) is 2.52. The molecule has 0 aliphatic rings. The second kappa shape index (κ2) is 6.65. The van der Waals surface area contributed by atoms with Gasteiger partial charge in [-0.2, -0.15) is 9.50 Å². The molecule has 4 nitrogen and oxygen atoms in total. The van der Waals surface area contributed by atoms with Gasteiger partial charge in [0.05, 0.1) is 4.53 Å². The number of hydrogen-bond donors (Lipinski definition) is 0. The van der Waals surface area contributed by atoms with Crippen LogP contribution in [0.15, 0.2) is 53.3 Å². The molecule has 6 heteroatoms. The van der Waals surface area contributed by atoms with Crippen LogP contribution in [-0.2, 0) is 0 Å². The zero-order valence-electron chi connectivity index (χ0n) is 13.9. The monoisotopic (exact) mass is 363 g/mol. The molecular weight excluding hydrogens is 349 g/mol. The number of benzene rings is 2. The Labute approximate surface area is 152 Å². The molecule has 4 aromatic rings. The summed E-state index contributed by atoms with van der Waals surface area (Å²) in [5, 5.41) is 4.25. The van der Waals surface area contributed by atoms with E-state index in [9.17, 15) is 9.18 Å². The molecule has 0 unspecified atom stereocenters. The van der Waals surface area contributed by atoms with E-state index in [1.54, 1.807) is 24.3 Å². The topological polar surface area (TPSA) is 47.3 Å². The average molecular weight is 363 g/mol. The minimum atomic E-state index is -0.339. The maximum atomic E-state index is 13.3. The van der Waals surface area contributed by atoms with Crippen molar-refractivity contribution in [3.8, 4) is 0 Å². The first-order valence-electron chi connectivity index (χ1n) is 8.00. The molecule has 0 spiro atoms. The summed E-state index contributed by atoms with van der Waals surface area (Å²) < 4.78 is 15.0. The Kier molecular flexibility index (Phi) is 4.18. The minimum absolute atomic E-state index is 0.253. The van der Waals surface area contributed by atoms with Gasteiger partial charge in [-0.1, -0.05) is 59.4 Å². The highest BCUT2D eigenvalue weighted by atomic mass is 32.1. The van der Waals surface area contributed by atoms with Gasteiger partial charge in [-0.3, -0.25) is 4.79 Å². The van der Waals surface area contributed by atoms with Gasteiger partial charge in [0.2, 0.25) is 4.96 Å². The van der Waals surface area contributed by atoms with E-state index in [2.05, 4.69) is 10.1 Å². The van der Waals surface area contributed by atoms with E-state index in [0.29, 0.717) is 20.9 Å². The lowest BCUT2D eigenvalue weighted by molar-refractivity contribution is 0.627. The van der Waals surface area contributed by atoms with Crippen LogP contribution in [-0.4, -0.2) is 14.6 Å². The van der Waals surface area contributed by atoms with E-state index in [-0.39, 0.29) is 11.4 Å². The third kappa shape index (κ3) is 3.32. The van der Waals surface area contributed by atoms with Gasteiger partial charge in [0, 0.05) is 0 Å². The lowest BCUT2D eigenvalue weighted by atomic mass is 10.1. The number of thiazole rings is 1. The zero-order chi connectivity index (χ0) is 18.1. The number of rotatable bonds is 3. The normalized spacial score (nSPS) is 12.5. The first-order valence-corrected chi connectivity index (χ1v) is 8.82. The molecule has 0 N–H and O–H groups in total. The number of aromatic nitrogens is 3. The Morgan fingerprint density at radius 1 is 1.08 bits per heavy atom. The molecule has 2 aromatic heterocycles. The smallest absolute Gasteiger partial charge is 0.266 e. The van der Waals surface area contributed by atoms with Crippen LogP contribution in [0.2, 0.25) is 0 Å². The second-order valence-electron chi connectivity index (χ2n) is 5.88. The first-order chi connectivity index (χ1) is 12.6. The van der Waals surface area contributed by atoms with Crippen molar-refractivity contribution < 1.29 is 4.39 Å². The summed E-state index contributed by atoms with van der Waals surface area (Å²) in [6.07, 6.45) is 5.33. The quantitative estimate of drug-likeness (QED) is 0.561. The Bertz CT molecular complexity index is 1220. The van der Waals surface area contributed by atoms with Crippen molar-refractivity contribution in [2.45, 2.75) is 6.92 Å². The van der Waals surface area contributed by atoms with Crippen molar-refractivity contribution in [2.75, 3.05) is 0 Å². The van der Waals surface area contributed by atoms with Crippen molar-refractivity contribution >= 4 is 34.5 Å². The highest BCUT2D eigenvalue weighted by Crippen LogP contribution is 2.09. The molecule has 128 valence electrons. The summed E-state index contributed by atoms with van der Waals surface area (Å²) in [6, 6.07) is 14.2. The number of fused-ring (bicyclic) bond motifs is 1. The molecule has 0 aliphatic heterocycles. The van der Waals surface area contributed by atoms with Crippen molar-refractivity contribution in [1.29, 1.82) is 0 Å².